The highest BCUT2D eigenvalue weighted by molar-refractivity contribution is 5.92. The standard InChI is InChI=1S/C17H22O4/c1-10(13(18)11-8-6-5-7-9-11)12-14(19)15(17(2,3)4)21-16(12)20/h5-10,13,15,18-19H,1-4H3/t10-,13+,15?/m0/s1. The highest BCUT2D eigenvalue weighted by Gasteiger charge is 2.44. The molecule has 1 aromatic carbocycles. The lowest BCUT2D eigenvalue weighted by atomic mass is 9.84. The number of hydrogen-bond acceptors (Lipinski definition) is 4. The topological polar surface area (TPSA) is 66.8 Å². The Hall–Kier alpha value is -1.81. The predicted molar refractivity (Wildman–Crippen MR) is 79.6 cm³/mol. The zero-order valence-corrected chi connectivity index (χ0v) is 12.8. The van der Waals surface area contributed by atoms with Crippen LogP contribution < -0.4 is 0 Å². The summed E-state index contributed by atoms with van der Waals surface area (Å²) in [6, 6.07) is 9.09. The maximum Gasteiger partial charge on any atom is 0.338 e. The highest BCUT2D eigenvalue weighted by Crippen LogP contribution is 2.39. The van der Waals surface area contributed by atoms with E-state index in [9.17, 15) is 15.0 Å². The van der Waals surface area contributed by atoms with Gasteiger partial charge < -0.3 is 14.9 Å². The maximum absolute atomic E-state index is 12.1. The number of esters is 1. The van der Waals surface area contributed by atoms with E-state index < -0.39 is 24.1 Å². The molecule has 1 aliphatic rings. The number of carbonyl (C=O) groups is 1. The summed E-state index contributed by atoms with van der Waals surface area (Å²) < 4.78 is 5.28. The van der Waals surface area contributed by atoms with E-state index in [2.05, 4.69) is 0 Å². The molecule has 0 amide bonds. The molecule has 0 saturated heterocycles. The Kier molecular flexibility index (Phi) is 4.10. The van der Waals surface area contributed by atoms with Gasteiger partial charge in [-0.25, -0.2) is 4.79 Å². The monoisotopic (exact) mass is 290 g/mol. The molecule has 0 bridgehead atoms. The molecule has 1 aromatic rings. The Labute approximate surface area is 125 Å². The van der Waals surface area contributed by atoms with Crippen LogP contribution in [0.5, 0.6) is 0 Å². The van der Waals surface area contributed by atoms with Crippen molar-refractivity contribution in [1.29, 1.82) is 0 Å². The Morgan fingerprint density at radius 1 is 1.19 bits per heavy atom. The lowest BCUT2D eigenvalue weighted by molar-refractivity contribution is -0.145. The van der Waals surface area contributed by atoms with Gasteiger partial charge in [-0.2, -0.15) is 0 Å². The van der Waals surface area contributed by atoms with Crippen molar-refractivity contribution in [2.24, 2.45) is 11.3 Å². The number of benzene rings is 1. The van der Waals surface area contributed by atoms with Gasteiger partial charge in [-0.3, -0.25) is 0 Å². The van der Waals surface area contributed by atoms with E-state index in [0.29, 0.717) is 5.56 Å². The molecule has 0 spiro atoms. The van der Waals surface area contributed by atoms with E-state index in [0.717, 1.165) is 0 Å². The highest BCUT2D eigenvalue weighted by atomic mass is 16.6. The van der Waals surface area contributed by atoms with Crippen LogP contribution in [0.4, 0.5) is 0 Å². The van der Waals surface area contributed by atoms with Crippen molar-refractivity contribution in [2.75, 3.05) is 0 Å². The zero-order valence-electron chi connectivity index (χ0n) is 12.8. The second kappa shape index (κ2) is 5.53. The second-order valence-electron chi connectivity index (χ2n) is 6.59. The minimum atomic E-state index is -0.866. The first kappa shape index (κ1) is 15.6. The van der Waals surface area contributed by atoms with Gasteiger partial charge in [-0.05, 0) is 5.56 Å². The van der Waals surface area contributed by atoms with Crippen molar-refractivity contribution in [3.8, 4) is 0 Å². The number of rotatable bonds is 3. The third kappa shape index (κ3) is 2.95. The summed E-state index contributed by atoms with van der Waals surface area (Å²) in [7, 11) is 0. The van der Waals surface area contributed by atoms with Gasteiger partial charge in [0.25, 0.3) is 0 Å². The fourth-order valence-corrected chi connectivity index (χ4v) is 2.57. The molecule has 21 heavy (non-hydrogen) atoms. The molecular weight excluding hydrogens is 268 g/mol. The van der Waals surface area contributed by atoms with Crippen molar-refractivity contribution in [3.05, 3.63) is 47.2 Å². The lowest BCUT2D eigenvalue weighted by Gasteiger charge is -2.25. The second-order valence-corrected chi connectivity index (χ2v) is 6.59. The number of hydrogen-bond donors (Lipinski definition) is 2. The van der Waals surface area contributed by atoms with Crippen molar-refractivity contribution in [3.63, 3.8) is 0 Å². The molecular formula is C17H22O4. The zero-order chi connectivity index (χ0) is 15.8. The first-order valence-corrected chi connectivity index (χ1v) is 7.10. The summed E-state index contributed by atoms with van der Waals surface area (Å²) in [5, 5.41) is 20.8. The van der Waals surface area contributed by atoms with Crippen LogP contribution in [0.25, 0.3) is 0 Å². The molecule has 1 unspecified atom stereocenters. The van der Waals surface area contributed by atoms with Crippen LogP contribution in [-0.4, -0.2) is 22.3 Å². The summed E-state index contributed by atoms with van der Waals surface area (Å²) in [5.41, 5.74) is 0.488. The fraction of sp³-hybridized carbons (Fsp3) is 0.471. The Morgan fingerprint density at radius 2 is 1.76 bits per heavy atom. The van der Waals surface area contributed by atoms with Crippen LogP contribution >= 0.6 is 0 Å². The van der Waals surface area contributed by atoms with Gasteiger partial charge in [-0.1, -0.05) is 58.0 Å². The number of aliphatic hydroxyl groups is 2. The van der Waals surface area contributed by atoms with Gasteiger partial charge in [0.05, 0.1) is 11.7 Å². The van der Waals surface area contributed by atoms with Crippen LogP contribution in [0.1, 0.15) is 39.4 Å². The van der Waals surface area contributed by atoms with Gasteiger partial charge in [0, 0.05) is 11.3 Å². The molecule has 3 atom stereocenters. The first-order chi connectivity index (χ1) is 9.73. The maximum atomic E-state index is 12.1. The van der Waals surface area contributed by atoms with Crippen LogP contribution in [0.3, 0.4) is 0 Å². The molecule has 4 nitrogen and oxygen atoms in total. The molecule has 0 radical (unpaired) electrons. The van der Waals surface area contributed by atoms with Crippen LogP contribution in [-0.2, 0) is 9.53 Å². The number of carbonyl (C=O) groups excluding carboxylic acids is 1. The third-order valence-electron chi connectivity index (χ3n) is 3.83. The lowest BCUT2D eigenvalue weighted by Crippen LogP contribution is -2.28. The van der Waals surface area contributed by atoms with Crippen molar-refractivity contribution >= 4 is 5.97 Å². The Balaban J connectivity index is 2.32. The molecule has 0 fully saturated rings. The molecule has 0 saturated carbocycles. The molecule has 4 heteroatoms. The summed E-state index contributed by atoms with van der Waals surface area (Å²) in [6.45, 7) is 7.39. The number of ether oxygens (including phenoxy) is 1. The van der Waals surface area contributed by atoms with Gasteiger partial charge in [0.1, 0.15) is 5.76 Å². The van der Waals surface area contributed by atoms with E-state index in [1.54, 1.807) is 19.1 Å². The van der Waals surface area contributed by atoms with Gasteiger partial charge in [-0.15, -0.1) is 0 Å². The summed E-state index contributed by atoms with van der Waals surface area (Å²) in [6.07, 6.45) is -1.53. The molecule has 2 N–H and O–H groups in total. The van der Waals surface area contributed by atoms with Gasteiger partial charge in [0.15, 0.2) is 6.10 Å². The number of cyclic esters (lactones) is 1. The molecule has 1 heterocycles. The van der Waals surface area contributed by atoms with E-state index >= 15 is 0 Å². The summed E-state index contributed by atoms with van der Waals surface area (Å²) >= 11 is 0. The SMILES string of the molecule is C[C@@H](C1=C(O)C(C(C)(C)C)OC1=O)[C@@H](O)c1ccccc1. The smallest absolute Gasteiger partial charge is 0.338 e. The van der Waals surface area contributed by atoms with Gasteiger partial charge >= 0.3 is 5.97 Å². The average molecular weight is 290 g/mol. The molecule has 114 valence electrons. The number of aliphatic hydroxyl groups excluding tert-OH is 2. The predicted octanol–water partition coefficient (Wildman–Crippen LogP) is 3.14. The van der Waals surface area contributed by atoms with Crippen LogP contribution in [0.2, 0.25) is 0 Å². The van der Waals surface area contributed by atoms with Crippen molar-refractivity contribution in [1.82, 2.24) is 0 Å². The molecule has 0 aliphatic carbocycles. The Bertz CT molecular complexity index is 554. The molecule has 2 rings (SSSR count). The van der Waals surface area contributed by atoms with Crippen LogP contribution in [0, 0.1) is 11.3 Å². The van der Waals surface area contributed by atoms with Crippen molar-refractivity contribution in [2.45, 2.75) is 39.9 Å². The van der Waals surface area contributed by atoms with E-state index in [1.807, 2.05) is 39.0 Å². The van der Waals surface area contributed by atoms with Crippen LogP contribution in [0.15, 0.2) is 41.7 Å². The largest absolute Gasteiger partial charge is 0.508 e. The summed E-state index contributed by atoms with van der Waals surface area (Å²) in [5.74, 6) is -1.14. The van der Waals surface area contributed by atoms with E-state index in [4.69, 9.17) is 4.74 Å². The fourth-order valence-electron chi connectivity index (χ4n) is 2.57. The normalized spacial score (nSPS) is 22.1. The summed E-state index contributed by atoms with van der Waals surface area (Å²) in [4.78, 5) is 12.1. The Morgan fingerprint density at radius 3 is 2.24 bits per heavy atom. The third-order valence-corrected chi connectivity index (χ3v) is 3.83. The first-order valence-electron chi connectivity index (χ1n) is 7.10. The molecule has 1 aliphatic heterocycles. The minimum Gasteiger partial charge on any atom is -0.508 e. The van der Waals surface area contributed by atoms with Crippen molar-refractivity contribution < 1.29 is 19.7 Å². The van der Waals surface area contributed by atoms with Gasteiger partial charge in [0.2, 0.25) is 0 Å². The van der Waals surface area contributed by atoms with E-state index in [-0.39, 0.29) is 16.7 Å². The average Bonchev–Trinajstić information content (AvgIpc) is 2.73. The van der Waals surface area contributed by atoms with E-state index in [1.165, 1.54) is 0 Å². The minimum absolute atomic E-state index is 0.0602. The molecule has 0 aromatic heterocycles. The quantitative estimate of drug-likeness (QED) is 0.839.